The molecule has 4 N–H and O–H groups in total. The van der Waals surface area contributed by atoms with Gasteiger partial charge in [0.2, 0.25) is 5.91 Å². The molecular weight excluding hydrogens is 194 g/mol. The zero-order chi connectivity index (χ0) is 8.97. The third kappa shape index (κ3) is 2.80. The molecule has 1 unspecified atom stereocenters. The van der Waals surface area contributed by atoms with Crippen molar-refractivity contribution >= 4 is 29.0 Å². The molecule has 0 saturated heterocycles. The van der Waals surface area contributed by atoms with Gasteiger partial charge in [-0.3, -0.25) is 4.79 Å². The van der Waals surface area contributed by atoms with Gasteiger partial charge in [-0.15, -0.1) is 11.3 Å². The van der Waals surface area contributed by atoms with Crippen molar-refractivity contribution in [2.45, 2.75) is 10.4 Å². The van der Waals surface area contributed by atoms with E-state index < -0.39 is 11.9 Å². The highest BCUT2D eigenvalue weighted by Crippen LogP contribution is 2.20. The lowest BCUT2D eigenvalue weighted by Gasteiger charge is -2.03. The summed E-state index contributed by atoms with van der Waals surface area (Å²) in [4.78, 5) is 14.5. The number of nitrogens with zero attached hydrogens (tertiary/aromatic N) is 1. The Hall–Kier alpha value is -0.590. The Labute approximate surface area is 78.4 Å². The molecule has 1 amide bonds. The number of nitrogens with two attached hydrogens (primary N) is 2. The summed E-state index contributed by atoms with van der Waals surface area (Å²) in [6.45, 7) is 0. The monoisotopic (exact) mass is 203 g/mol. The first kappa shape index (κ1) is 9.50. The van der Waals surface area contributed by atoms with Gasteiger partial charge in [0.15, 0.2) is 0 Å². The first-order chi connectivity index (χ1) is 5.70. The molecule has 0 saturated carbocycles. The Morgan fingerprint density at radius 3 is 3.08 bits per heavy atom. The summed E-state index contributed by atoms with van der Waals surface area (Å²) in [5, 5.41) is 1.87. The summed E-state index contributed by atoms with van der Waals surface area (Å²) in [7, 11) is 0. The van der Waals surface area contributed by atoms with Crippen molar-refractivity contribution in [1.29, 1.82) is 0 Å². The van der Waals surface area contributed by atoms with Crippen LogP contribution in [0.2, 0.25) is 0 Å². The number of aromatic nitrogens is 1. The fourth-order valence-corrected chi connectivity index (χ4v) is 2.15. The Morgan fingerprint density at radius 2 is 2.58 bits per heavy atom. The van der Waals surface area contributed by atoms with Crippen molar-refractivity contribution < 1.29 is 4.79 Å². The van der Waals surface area contributed by atoms with E-state index >= 15 is 0 Å². The molecule has 1 aromatic heterocycles. The number of thioether (sulfide) groups is 1. The maximum atomic E-state index is 10.5. The summed E-state index contributed by atoms with van der Waals surface area (Å²) < 4.78 is 0.909. The molecule has 1 atom stereocenters. The molecule has 0 aromatic carbocycles. The van der Waals surface area contributed by atoms with E-state index in [0.717, 1.165) is 4.34 Å². The zero-order valence-electron chi connectivity index (χ0n) is 6.27. The van der Waals surface area contributed by atoms with Crippen molar-refractivity contribution in [3.05, 3.63) is 11.6 Å². The molecule has 1 aromatic rings. The highest BCUT2D eigenvalue weighted by atomic mass is 32.2. The highest BCUT2D eigenvalue weighted by Gasteiger charge is 2.09. The number of thiazole rings is 1. The maximum absolute atomic E-state index is 10.5. The number of hydrogen-bond acceptors (Lipinski definition) is 5. The van der Waals surface area contributed by atoms with Crippen molar-refractivity contribution in [1.82, 2.24) is 4.98 Å². The van der Waals surface area contributed by atoms with Crippen molar-refractivity contribution in [3.8, 4) is 0 Å². The fourth-order valence-electron chi connectivity index (χ4n) is 0.525. The molecule has 1 heterocycles. The van der Waals surface area contributed by atoms with E-state index in [-0.39, 0.29) is 0 Å². The number of primary amides is 1. The van der Waals surface area contributed by atoms with Crippen LogP contribution in [0.25, 0.3) is 0 Å². The van der Waals surface area contributed by atoms with Crippen LogP contribution in [0.5, 0.6) is 0 Å². The summed E-state index contributed by atoms with van der Waals surface area (Å²) in [5.41, 5.74) is 10.4. The lowest BCUT2D eigenvalue weighted by atomic mass is 10.3. The fraction of sp³-hybridized carbons (Fsp3) is 0.333. The normalized spacial score (nSPS) is 12.8. The largest absolute Gasteiger partial charge is 0.368 e. The van der Waals surface area contributed by atoms with Crippen LogP contribution in [0.15, 0.2) is 15.9 Å². The van der Waals surface area contributed by atoms with Gasteiger partial charge in [-0.25, -0.2) is 4.98 Å². The minimum absolute atomic E-state index is 0.473. The molecule has 66 valence electrons. The number of carbonyl (C=O) groups is 1. The van der Waals surface area contributed by atoms with Crippen LogP contribution in [-0.4, -0.2) is 22.7 Å². The van der Waals surface area contributed by atoms with Crippen molar-refractivity contribution in [2.75, 3.05) is 5.75 Å². The van der Waals surface area contributed by atoms with E-state index in [2.05, 4.69) is 4.98 Å². The highest BCUT2D eigenvalue weighted by molar-refractivity contribution is 8.01. The summed E-state index contributed by atoms with van der Waals surface area (Å²) in [6, 6.07) is -0.584. The van der Waals surface area contributed by atoms with Gasteiger partial charge in [0.05, 0.1) is 6.04 Å². The Morgan fingerprint density at radius 1 is 1.83 bits per heavy atom. The summed E-state index contributed by atoms with van der Waals surface area (Å²) in [5.74, 6) is 0.0158. The van der Waals surface area contributed by atoms with E-state index in [9.17, 15) is 4.79 Å². The van der Waals surface area contributed by atoms with Crippen LogP contribution >= 0.6 is 23.1 Å². The van der Waals surface area contributed by atoms with Crippen LogP contribution in [0, 0.1) is 0 Å². The standard InChI is InChI=1S/C6H9N3OS2/c7-4(5(8)10)3-12-6-9-1-2-11-6/h1-2,4H,3,7H2,(H2,8,10). The third-order valence-electron chi connectivity index (χ3n) is 1.16. The molecule has 12 heavy (non-hydrogen) atoms. The second-order valence-corrected chi connectivity index (χ2v) is 4.28. The average molecular weight is 203 g/mol. The lowest BCUT2D eigenvalue weighted by Crippen LogP contribution is -2.38. The Balaban J connectivity index is 2.31. The topological polar surface area (TPSA) is 82.0 Å². The average Bonchev–Trinajstić information content (AvgIpc) is 2.51. The lowest BCUT2D eigenvalue weighted by molar-refractivity contribution is -0.118. The maximum Gasteiger partial charge on any atom is 0.235 e. The SMILES string of the molecule is NC(=O)C(N)CSc1nccs1. The molecule has 0 spiro atoms. The first-order valence-electron chi connectivity index (χ1n) is 3.27. The van der Waals surface area contributed by atoms with Gasteiger partial charge in [0.1, 0.15) is 4.34 Å². The second kappa shape index (κ2) is 4.44. The number of hydrogen-bond donors (Lipinski definition) is 2. The predicted octanol–water partition coefficient (Wildman–Crippen LogP) is 0.0478. The predicted molar refractivity (Wildman–Crippen MR) is 50.0 cm³/mol. The van der Waals surface area contributed by atoms with Gasteiger partial charge in [-0.05, 0) is 0 Å². The molecule has 0 bridgehead atoms. The number of amides is 1. The molecular formula is C6H9N3OS2. The molecule has 0 fully saturated rings. The van der Waals surface area contributed by atoms with Gasteiger partial charge < -0.3 is 11.5 Å². The number of rotatable bonds is 4. The molecule has 0 aliphatic heterocycles. The molecule has 1 rings (SSSR count). The minimum atomic E-state index is -0.584. The quantitative estimate of drug-likeness (QED) is 0.677. The van der Waals surface area contributed by atoms with Gasteiger partial charge in [-0.2, -0.15) is 0 Å². The third-order valence-corrected chi connectivity index (χ3v) is 3.25. The van der Waals surface area contributed by atoms with E-state index in [1.807, 2.05) is 5.38 Å². The molecule has 6 heteroatoms. The summed E-state index contributed by atoms with van der Waals surface area (Å²) >= 11 is 2.97. The first-order valence-corrected chi connectivity index (χ1v) is 5.14. The molecule has 0 aliphatic rings. The Bertz CT molecular complexity index is 249. The van der Waals surface area contributed by atoms with E-state index in [1.165, 1.54) is 23.1 Å². The zero-order valence-corrected chi connectivity index (χ0v) is 7.90. The second-order valence-electron chi connectivity index (χ2n) is 2.12. The van der Waals surface area contributed by atoms with Gasteiger partial charge >= 0.3 is 0 Å². The van der Waals surface area contributed by atoms with Crippen LogP contribution in [0.4, 0.5) is 0 Å². The molecule has 4 nitrogen and oxygen atoms in total. The van der Waals surface area contributed by atoms with Gasteiger partial charge in [0.25, 0.3) is 0 Å². The van der Waals surface area contributed by atoms with Crippen LogP contribution in [0.3, 0.4) is 0 Å². The molecule has 0 aliphatic carbocycles. The van der Waals surface area contributed by atoms with Crippen LogP contribution < -0.4 is 11.5 Å². The van der Waals surface area contributed by atoms with Crippen molar-refractivity contribution in [2.24, 2.45) is 11.5 Å². The van der Waals surface area contributed by atoms with Crippen LogP contribution in [0.1, 0.15) is 0 Å². The van der Waals surface area contributed by atoms with E-state index in [0.29, 0.717) is 5.75 Å². The van der Waals surface area contributed by atoms with Gasteiger partial charge in [-0.1, -0.05) is 11.8 Å². The minimum Gasteiger partial charge on any atom is -0.368 e. The van der Waals surface area contributed by atoms with Crippen molar-refractivity contribution in [3.63, 3.8) is 0 Å². The van der Waals surface area contributed by atoms with E-state index in [4.69, 9.17) is 11.5 Å². The molecule has 0 radical (unpaired) electrons. The van der Waals surface area contributed by atoms with E-state index in [1.54, 1.807) is 6.20 Å². The smallest absolute Gasteiger partial charge is 0.235 e. The van der Waals surface area contributed by atoms with Crippen LogP contribution in [-0.2, 0) is 4.79 Å². The summed E-state index contributed by atoms with van der Waals surface area (Å²) in [6.07, 6.45) is 1.71. The number of carbonyl (C=O) groups excluding carboxylic acids is 1. The Kier molecular flexibility index (Phi) is 3.51. The van der Waals surface area contributed by atoms with Gasteiger partial charge in [0, 0.05) is 17.3 Å².